The van der Waals surface area contributed by atoms with E-state index < -0.39 is 11.4 Å². The Hall–Kier alpha value is -3.71. The van der Waals surface area contributed by atoms with Crippen molar-refractivity contribution in [3.63, 3.8) is 0 Å². The van der Waals surface area contributed by atoms with Crippen molar-refractivity contribution >= 4 is 23.2 Å². The standard InChI is InChI=1S/C30H34FN3O3/c1-3-30(2,29(36)32-25-13-15-26(16-14-25)33-17-19-37-20-18-33)34(22-24-11-7-8-12-27(24)31)28(35)21-23-9-5-4-6-10-23/h4-16H,3,17-22H2,1-2H3,(H,32,36). The Bertz CT molecular complexity index is 1200. The zero-order valence-electron chi connectivity index (χ0n) is 21.5. The quantitative estimate of drug-likeness (QED) is 0.444. The maximum Gasteiger partial charge on any atom is 0.250 e. The largest absolute Gasteiger partial charge is 0.378 e. The van der Waals surface area contributed by atoms with Crippen molar-refractivity contribution in [2.24, 2.45) is 0 Å². The second kappa shape index (κ2) is 12.0. The number of carbonyl (C=O) groups excluding carboxylic acids is 2. The van der Waals surface area contributed by atoms with Gasteiger partial charge in [-0.25, -0.2) is 4.39 Å². The molecule has 1 fully saturated rings. The molecular formula is C30H34FN3O3. The highest BCUT2D eigenvalue weighted by atomic mass is 19.1. The summed E-state index contributed by atoms with van der Waals surface area (Å²) in [6.07, 6.45) is 0.478. The topological polar surface area (TPSA) is 61.9 Å². The number of ether oxygens (including phenoxy) is 1. The number of anilines is 2. The first kappa shape index (κ1) is 26.4. The SMILES string of the molecule is CCC(C)(C(=O)Nc1ccc(N2CCOCC2)cc1)N(Cc1ccccc1F)C(=O)Cc1ccccc1. The Labute approximate surface area is 218 Å². The number of halogens is 1. The average molecular weight is 504 g/mol. The molecule has 0 bridgehead atoms. The Balaban J connectivity index is 1.57. The maximum atomic E-state index is 14.6. The van der Waals surface area contributed by atoms with Crippen LogP contribution in [0.3, 0.4) is 0 Å². The molecule has 3 aromatic carbocycles. The van der Waals surface area contributed by atoms with Crippen molar-refractivity contribution in [1.82, 2.24) is 4.90 Å². The Morgan fingerprint density at radius 3 is 2.27 bits per heavy atom. The fourth-order valence-electron chi connectivity index (χ4n) is 4.52. The Morgan fingerprint density at radius 2 is 1.62 bits per heavy atom. The molecule has 4 rings (SSSR count). The zero-order valence-corrected chi connectivity index (χ0v) is 21.5. The van der Waals surface area contributed by atoms with Gasteiger partial charge in [0.05, 0.1) is 19.6 Å². The van der Waals surface area contributed by atoms with Crippen LogP contribution in [-0.4, -0.2) is 48.6 Å². The van der Waals surface area contributed by atoms with E-state index in [1.165, 1.54) is 11.0 Å². The summed E-state index contributed by atoms with van der Waals surface area (Å²) in [4.78, 5) is 31.1. The second-order valence-electron chi connectivity index (χ2n) is 9.46. The molecule has 1 atom stereocenters. The lowest BCUT2D eigenvalue weighted by Gasteiger charge is -2.40. The molecule has 194 valence electrons. The van der Waals surface area contributed by atoms with Gasteiger partial charge >= 0.3 is 0 Å². The molecule has 37 heavy (non-hydrogen) atoms. The van der Waals surface area contributed by atoms with Crippen LogP contribution in [0.2, 0.25) is 0 Å². The number of amides is 2. The summed E-state index contributed by atoms with van der Waals surface area (Å²) in [7, 11) is 0. The van der Waals surface area contributed by atoms with Crippen LogP contribution >= 0.6 is 0 Å². The minimum absolute atomic E-state index is 0.00787. The van der Waals surface area contributed by atoms with Crippen LogP contribution in [0, 0.1) is 5.82 Å². The van der Waals surface area contributed by atoms with Crippen molar-refractivity contribution in [3.8, 4) is 0 Å². The molecule has 6 nitrogen and oxygen atoms in total. The van der Waals surface area contributed by atoms with Gasteiger partial charge in [0.25, 0.3) is 0 Å². The molecule has 1 N–H and O–H groups in total. The number of nitrogens with zero attached hydrogens (tertiary/aromatic N) is 2. The molecule has 1 aliphatic heterocycles. The molecule has 0 aromatic heterocycles. The molecule has 0 radical (unpaired) electrons. The molecule has 1 heterocycles. The monoisotopic (exact) mass is 503 g/mol. The lowest BCUT2D eigenvalue weighted by Crippen LogP contribution is -2.56. The summed E-state index contributed by atoms with van der Waals surface area (Å²) in [5.74, 6) is -0.957. The van der Waals surface area contributed by atoms with E-state index in [0.717, 1.165) is 24.3 Å². The lowest BCUT2D eigenvalue weighted by molar-refractivity contribution is -0.145. The van der Waals surface area contributed by atoms with E-state index in [2.05, 4.69) is 10.2 Å². The van der Waals surface area contributed by atoms with Crippen molar-refractivity contribution in [2.45, 2.75) is 38.8 Å². The van der Waals surface area contributed by atoms with Crippen LogP contribution in [0.5, 0.6) is 0 Å². The molecule has 0 aliphatic carbocycles. The van der Waals surface area contributed by atoms with Gasteiger partial charge in [0.15, 0.2) is 0 Å². The van der Waals surface area contributed by atoms with Crippen LogP contribution in [-0.2, 0) is 27.3 Å². The highest BCUT2D eigenvalue weighted by Crippen LogP contribution is 2.27. The highest BCUT2D eigenvalue weighted by molar-refractivity contribution is 6.00. The van der Waals surface area contributed by atoms with E-state index >= 15 is 0 Å². The van der Waals surface area contributed by atoms with Crippen LogP contribution in [0.25, 0.3) is 0 Å². The molecule has 1 aliphatic rings. The molecule has 1 unspecified atom stereocenters. The molecular weight excluding hydrogens is 469 g/mol. The third-order valence-electron chi connectivity index (χ3n) is 7.06. The fraction of sp³-hybridized carbons (Fsp3) is 0.333. The average Bonchev–Trinajstić information content (AvgIpc) is 2.93. The number of rotatable bonds is 9. The van der Waals surface area contributed by atoms with Crippen molar-refractivity contribution in [1.29, 1.82) is 0 Å². The van der Waals surface area contributed by atoms with Crippen molar-refractivity contribution < 1.29 is 18.7 Å². The number of hydrogen-bond donors (Lipinski definition) is 1. The summed E-state index contributed by atoms with van der Waals surface area (Å²) in [6.45, 7) is 6.65. The van der Waals surface area contributed by atoms with Crippen LogP contribution < -0.4 is 10.2 Å². The van der Waals surface area contributed by atoms with E-state index in [1.807, 2.05) is 61.5 Å². The van der Waals surface area contributed by atoms with Gasteiger partial charge < -0.3 is 19.9 Å². The highest BCUT2D eigenvalue weighted by Gasteiger charge is 2.41. The predicted octanol–water partition coefficient (Wildman–Crippen LogP) is 5.04. The third kappa shape index (κ3) is 6.35. The van der Waals surface area contributed by atoms with Gasteiger partial charge in [-0.15, -0.1) is 0 Å². The van der Waals surface area contributed by atoms with Crippen LogP contribution in [0.1, 0.15) is 31.4 Å². The third-order valence-corrected chi connectivity index (χ3v) is 7.06. The molecule has 1 saturated heterocycles. The first-order chi connectivity index (χ1) is 17.9. The van der Waals surface area contributed by atoms with E-state index in [9.17, 15) is 14.0 Å². The van der Waals surface area contributed by atoms with Gasteiger partial charge in [0, 0.05) is 36.6 Å². The summed E-state index contributed by atoms with van der Waals surface area (Å²) < 4.78 is 20.0. The lowest BCUT2D eigenvalue weighted by atomic mass is 9.92. The number of benzene rings is 3. The Kier molecular flexibility index (Phi) is 8.56. The van der Waals surface area contributed by atoms with Gasteiger partial charge in [-0.1, -0.05) is 55.5 Å². The first-order valence-corrected chi connectivity index (χ1v) is 12.7. The normalized spacial score (nSPS) is 15.1. The summed E-state index contributed by atoms with van der Waals surface area (Å²) in [5, 5.41) is 2.99. The van der Waals surface area contributed by atoms with E-state index in [1.54, 1.807) is 25.1 Å². The van der Waals surface area contributed by atoms with E-state index in [0.29, 0.717) is 30.9 Å². The van der Waals surface area contributed by atoms with Gasteiger partial charge in [0.2, 0.25) is 11.8 Å². The van der Waals surface area contributed by atoms with Gasteiger partial charge in [-0.05, 0) is 49.2 Å². The molecule has 0 saturated carbocycles. The van der Waals surface area contributed by atoms with Crippen LogP contribution in [0.4, 0.5) is 15.8 Å². The smallest absolute Gasteiger partial charge is 0.250 e. The summed E-state index contributed by atoms with van der Waals surface area (Å²) in [6, 6.07) is 23.4. The van der Waals surface area contributed by atoms with E-state index in [4.69, 9.17) is 4.74 Å². The molecule has 7 heteroatoms. The number of morpholine rings is 1. The summed E-state index contributed by atoms with van der Waals surface area (Å²) >= 11 is 0. The Morgan fingerprint density at radius 1 is 0.973 bits per heavy atom. The molecule has 3 aromatic rings. The second-order valence-corrected chi connectivity index (χ2v) is 9.46. The van der Waals surface area contributed by atoms with E-state index in [-0.39, 0.29) is 24.8 Å². The first-order valence-electron chi connectivity index (χ1n) is 12.7. The van der Waals surface area contributed by atoms with Crippen molar-refractivity contribution in [3.05, 3.63) is 95.8 Å². The summed E-state index contributed by atoms with van der Waals surface area (Å²) in [5.41, 5.74) is 1.72. The predicted molar refractivity (Wildman–Crippen MR) is 144 cm³/mol. The number of nitrogens with one attached hydrogen (secondary N) is 1. The van der Waals surface area contributed by atoms with Crippen molar-refractivity contribution in [2.75, 3.05) is 36.5 Å². The van der Waals surface area contributed by atoms with Gasteiger partial charge in [0.1, 0.15) is 11.4 Å². The maximum absolute atomic E-state index is 14.6. The zero-order chi connectivity index (χ0) is 26.3. The molecule has 2 amide bonds. The fourth-order valence-corrected chi connectivity index (χ4v) is 4.52. The van der Waals surface area contributed by atoms with Gasteiger partial charge in [-0.3, -0.25) is 9.59 Å². The van der Waals surface area contributed by atoms with Gasteiger partial charge in [-0.2, -0.15) is 0 Å². The minimum atomic E-state index is -1.20. The minimum Gasteiger partial charge on any atom is -0.378 e. The molecule has 0 spiro atoms. The number of hydrogen-bond acceptors (Lipinski definition) is 4. The number of carbonyl (C=O) groups is 2. The van der Waals surface area contributed by atoms with Crippen LogP contribution in [0.15, 0.2) is 78.9 Å².